The van der Waals surface area contributed by atoms with Gasteiger partial charge in [-0.05, 0) is 6.07 Å². The monoisotopic (exact) mass is 127 g/mol. The summed E-state index contributed by atoms with van der Waals surface area (Å²) in [7, 11) is 0. The zero-order valence-corrected chi connectivity index (χ0v) is 4.69. The molecular weight excluding hydrogens is 120 g/mol. The van der Waals surface area contributed by atoms with E-state index in [1.54, 1.807) is 18.2 Å². The van der Waals surface area contributed by atoms with Crippen LogP contribution in [0.15, 0.2) is 24.4 Å². The molecule has 0 aromatic carbocycles. The molecule has 1 rings (SSSR count). The molecule has 0 amide bonds. The Morgan fingerprint density at radius 1 is 1.56 bits per heavy atom. The van der Waals surface area contributed by atoms with Gasteiger partial charge >= 0.3 is 5.88 Å². The summed E-state index contributed by atoms with van der Waals surface area (Å²) in [6.07, 6.45) is 1.42. The van der Waals surface area contributed by atoms with Crippen molar-refractivity contribution in [1.29, 1.82) is 0 Å². The van der Waals surface area contributed by atoms with Crippen molar-refractivity contribution in [3.05, 3.63) is 24.4 Å². The van der Waals surface area contributed by atoms with Crippen LogP contribution in [-0.2, 0) is 0 Å². The topological polar surface area (TPSA) is 59.4 Å². The van der Waals surface area contributed by atoms with E-state index in [2.05, 4.69) is 4.84 Å². The molecule has 0 spiro atoms. The van der Waals surface area contributed by atoms with Gasteiger partial charge in [0.15, 0.2) is 0 Å². The first-order chi connectivity index (χ1) is 4.34. The molecule has 3 N–H and O–H groups in total. The highest BCUT2D eigenvalue weighted by molar-refractivity contribution is 5.00. The molecule has 1 aromatic heterocycles. The van der Waals surface area contributed by atoms with Crippen LogP contribution in [0.2, 0.25) is 0 Å². The number of nitrogens with two attached hydrogens (primary N) is 1. The SMILES string of the molecule is NOc1cccc[n+]1O. The third-order valence-corrected chi connectivity index (χ3v) is 0.924. The summed E-state index contributed by atoms with van der Waals surface area (Å²) < 4.78 is 0.792. The zero-order valence-electron chi connectivity index (χ0n) is 4.69. The van der Waals surface area contributed by atoms with Gasteiger partial charge in [0.25, 0.3) is 0 Å². The smallest absolute Gasteiger partial charge is 0.348 e. The highest BCUT2D eigenvalue weighted by Crippen LogP contribution is 1.95. The molecule has 0 atom stereocenters. The first-order valence-corrected chi connectivity index (χ1v) is 2.41. The summed E-state index contributed by atoms with van der Waals surface area (Å²) >= 11 is 0. The van der Waals surface area contributed by atoms with Crippen LogP contribution in [0.1, 0.15) is 0 Å². The standard InChI is InChI=1S/C5H7N2O2/c6-9-5-3-1-2-4-7(5)8/h1-4,8H,6H2/q+1. The van der Waals surface area contributed by atoms with Gasteiger partial charge in [-0.1, -0.05) is 0 Å². The average molecular weight is 127 g/mol. The average Bonchev–Trinajstić information content (AvgIpc) is 1.89. The van der Waals surface area contributed by atoms with Gasteiger partial charge in [0.2, 0.25) is 6.20 Å². The Morgan fingerprint density at radius 2 is 2.33 bits per heavy atom. The fourth-order valence-electron chi connectivity index (χ4n) is 0.512. The van der Waals surface area contributed by atoms with Gasteiger partial charge < -0.3 is 4.84 Å². The van der Waals surface area contributed by atoms with E-state index in [4.69, 9.17) is 11.1 Å². The van der Waals surface area contributed by atoms with E-state index in [1.807, 2.05) is 0 Å². The third-order valence-electron chi connectivity index (χ3n) is 0.924. The Bertz CT molecular complexity index is 202. The van der Waals surface area contributed by atoms with Gasteiger partial charge in [-0.3, -0.25) is 5.21 Å². The van der Waals surface area contributed by atoms with Crippen LogP contribution >= 0.6 is 0 Å². The Hall–Kier alpha value is -1.29. The summed E-state index contributed by atoms with van der Waals surface area (Å²) in [6.45, 7) is 0. The van der Waals surface area contributed by atoms with Gasteiger partial charge in [-0.25, -0.2) is 0 Å². The highest BCUT2D eigenvalue weighted by Gasteiger charge is 2.05. The predicted molar refractivity (Wildman–Crippen MR) is 28.6 cm³/mol. The van der Waals surface area contributed by atoms with Gasteiger partial charge in [-0.2, -0.15) is 5.90 Å². The van der Waals surface area contributed by atoms with Gasteiger partial charge in [0, 0.05) is 10.8 Å². The minimum Gasteiger partial charge on any atom is -0.348 e. The van der Waals surface area contributed by atoms with Crippen molar-refractivity contribution in [2.24, 2.45) is 5.90 Å². The lowest BCUT2D eigenvalue weighted by Gasteiger charge is -1.89. The van der Waals surface area contributed by atoms with Crippen LogP contribution in [0.5, 0.6) is 5.88 Å². The Labute approximate surface area is 52.0 Å². The van der Waals surface area contributed by atoms with Gasteiger partial charge in [0.05, 0.1) is 6.07 Å². The lowest BCUT2D eigenvalue weighted by Crippen LogP contribution is -2.32. The summed E-state index contributed by atoms with van der Waals surface area (Å²) in [5.41, 5.74) is 0. The second kappa shape index (κ2) is 2.32. The lowest BCUT2D eigenvalue weighted by molar-refractivity contribution is -0.906. The minimum absolute atomic E-state index is 0.206. The molecule has 0 aliphatic carbocycles. The molecule has 4 nitrogen and oxygen atoms in total. The number of pyridine rings is 1. The molecule has 0 saturated heterocycles. The van der Waals surface area contributed by atoms with Crippen molar-refractivity contribution in [3.8, 4) is 5.88 Å². The molecule has 9 heavy (non-hydrogen) atoms. The molecule has 1 heterocycles. The van der Waals surface area contributed by atoms with Crippen LogP contribution in [-0.4, -0.2) is 5.21 Å². The largest absolute Gasteiger partial charge is 0.435 e. The summed E-state index contributed by atoms with van der Waals surface area (Å²) in [4.78, 5) is 4.26. The fraction of sp³-hybridized carbons (Fsp3) is 0. The van der Waals surface area contributed by atoms with Crippen LogP contribution in [0.3, 0.4) is 0 Å². The van der Waals surface area contributed by atoms with Crippen molar-refractivity contribution in [3.63, 3.8) is 0 Å². The first kappa shape index (κ1) is 5.84. The quantitative estimate of drug-likeness (QED) is 0.302. The molecule has 0 saturated carbocycles. The molecule has 1 aromatic rings. The van der Waals surface area contributed by atoms with Crippen LogP contribution in [0.25, 0.3) is 0 Å². The van der Waals surface area contributed by atoms with E-state index in [0.717, 1.165) is 4.73 Å². The van der Waals surface area contributed by atoms with Crippen molar-refractivity contribution >= 4 is 0 Å². The van der Waals surface area contributed by atoms with Crippen LogP contribution in [0, 0.1) is 0 Å². The van der Waals surface area contributed by atoms with Gasteiger partial charge in [0.1, 0.15) is 0 Å². The summed E-state index contributed by atoms with van der Waals surface area (Å²) in [6, 6.07) is 4.90. The second-order valence-electron chi connectivity index (χ2n) is 1.50. The predicted octanol–water partition coefficient (Wildman–Crippen LogP) is -0.536. The number of rotatable bonds is 1. The Kier molecular flexibility index (Phi) is 1.51. The molecule has 0 aliphatic rings. The van der Waals surface area contributed by atoms with E-state index < -0.39 is 0 Å². The maximum Gasteiger partial charge on any atom is 0.435 e. The van der Waals surface area contributed by atoms with E-state index in [9.17, 15) is 0 Å². The third kappa shape index (κ3) is 1.09. The Balaban J connectivity index is 3.01. The second-order valence-corrected chi connectivity index (χ2v) is 1.50. The molecular formula is C5H7N2O2+. The van der Waals surface area contributed by atoms with E-state index in [1.165, 1.54) is 6.20 Å². The van der Waals surface area contributed by atoms with Crippen molar-refractivity contribution in [2.45, 2.75) is 0 Å². The van der Waals surface area contributed by atoms with Crippen molar-refractivity contribution < 1.29 is 14.8 Å². The molecule has 48 valence electrons. The van der Waals surface area contributed by atoms with Crippen molar-refractivity contribution in [1.82, 2.24) is 0 Å². The molecule has 0 fully saturated rings. The maximum atomic E-state index is 8.82. The Morgan fingerprint density at radius 3 is 2.78 bits per heavy atom. The van der Waals surface area contributed by atoms with E-state index in [0.29, 0.717) is 0 Å². The van der Waals surface area contributed by atoms with E-state index in [-0.39, 0.29) is 5.88 Å². The number of nitrogens with zero attached hydrogens (tertiary/aromatic N) is 1. The molecule has 0 unspecified atom stereocenters. The van der Waals surface area contributed by atoms with Crippen molar-refractivity contribution in [2.75, 3.05) is 0 Å². The minimum atomic E-state index is 0.206. The summed E-state index contributed by atoms with van der Waals surface area (Å²) in [5.74, 6) is 4.98. The van der Waals surface area contributed by atoms with Crippen LogP contribution < -0.4 is 15.5 Å². The highest BCUT2D eigenvalue weighted by atomic mass is 16.6. The normalized spacial score (nSPS) is 9.00. The number of hydrogen-bond donors (Lipinski definition) is 2. The van der Waals surface area contributed by atoms with E-state index >= 15 is 0 Å². The molecule has 4 heteroatoms. The summed E-state index contributed by atoms with van der Waals surface area (Å²) in [5, 5.41) is 8.82. The maximum absolute atomic E-state index is 8.82. The molecule has 0 aliphatic heterocycles. The molecule has 0 bridgehead atoms. The number of aromatic nitrogens is 1. The first-order valence-electron chi connectivity index (χ1n) is 2.41. The zero-order chi connectivity index (χ0) is 6.69. The van der Waals surface area contributed by atoms with Gasteiger partial charge in [-0.15, -0.1) is 0 Å². The molecule has 0 radical (unpaired) electrons. The fourth-order valence-corrected chi connectivity index (χ4v) is 0.512. The lowest BCUT2D eigenvalue weighted by atomic mass is 10.5. The number of hydrogen-bond acceptors (Lipinski definition) is 3. The van der Waals surface area contributed by atoms with Crippen LogP contribution in [0.4, 0.5) is 0 Å².